The number of carbonyl (C=O) groups excluding carboxylic acids is 2. The van der Waals surface area contributed by atoms with E-state index in [4.69, 9.17) is 23.7 Å². The summed E-state index contributed by atoms with van der Waals surface area (Å²) >= 11 is 0. The van der Waals surface area contributed by atoms with Crippen LogP contribution < -0.4 is 0 Å². The van der Waals surface area contributed by atoms with Crippen molar-refractivity contribution in [1.82, 2.24) is 0 Å². The molecule has 1 spiro atoms. The normalized spacial score (nSPS) is 39.6. The quantitative estimate of drug-likeness (QED) is 0.302. The summed E-state index contributed by atoms with van der Waals surface area (Å²) in [6.07, 6.45) is 4.40. The molecule has 2 aliphatic carbocycles. The molecule has 1 saturated heterocycles. The van der Waals surface area contributed by atoms with Crippen LogP contribution in [0.3, 0.4) is 0 Å². The second kappa shape index (κ2) is 9.72. The third-order valence-corrected chi connectivity index (χ3v) is 8.19. The molecule has 1 saturated carbocycles. The van der Waals surface area contributed by atoms with Crippen LogP contribution in [0.4, 0.5) is 0 Å². The molecule has 0 aromatic carbocycles. The van der Waals surface area contributed by atoms with Crippen molar-refractivity contribution in [3.05, 3.63) is 36.5 Å². The van der Waals surface area contributed by atoms with Crippen LogP contribution in [0, 0.1) is 22.7 Å². The first-order chi connectivity index (χ1) is 15.5. The van der Waals surface area contributed by atoms with E-state index in [0.29, 0.717) is 6.42 Å². The number of hydrogen-bond acceptors (Lipinski definition) is 7. The van der Waals surface area contributed by atoms with Gasteiger partial charge in [0.15, 0.2) is 6.29 Å². The number of allylic oxidation sites excluding steroid dienone is 2. The summed E-state index contributed by atoms with van der Waals surface area (Å²) in [5.74, 6) is -0.554. The van der Waals surface area contributed by atoms with Crippen molar-refractivity contribution in [2.45, 2.75) is 78.2 Å². The average Bonchev–Trinajstić information content (AvgIpc) is 3.06. The fraction of sp³-hybridized carbons (Fsp3) is 0.692. The van der Waals surface area contributed by atoms with Gasteiger partial charge in [-0.15, -0.1) is 0 Å². The van der Waals surface area contributed by atoms with Gasteiger partial charge in [0.25, 0.3) is 0 Å². The van der Waals surface area contributed by atoms with Crippen LogP contribution in [0.2, 0.25) is 0 Å². The lowest BCUT2D eigenvalue weighted by Gasteiger charge is -2.61. The third-order valence-electron chi connectivity index (χ3n) is 8.19. The summed E-state index contributed by atoms with van der Waals surface area (Å²) in [6, 6.07) is 0. The SMILES string of the molecule is C=CC(=C)CC[C@@]1(C)[C@H](C)C[C@H](OC)[C@]23C(=C[C@@H](OC(C)=O)C[C@H]12)[C@H](OC)O[C@@H]3OC(C)=O. The summed E-state index contributed by atoms with van der Waals surface area (Å²) in [4.78, 5) is 24.0. The lowest BCUT2D eigenvalue weighted by molar-refractivity contribution is -0.258. The number of methoxy groups -OCH3 is 2. The predicted molar refractivity (Wildman–Crippen MR) is 123 cm³/mol. The van der Waals surface area contributed by atoms with Crippen molar-refractivity contribution in [3.8, 4) is 0 Å². The fourth-order valence-corrected chi connectivity index (χ4v) is 6.43. The molecule has 3 rings (SSSR count). The van der Waals surface area contributed by atoms with Gasteiger partial charge in [-0.05, 0) is 49.0 Å². The Hall–Kier alpha value is -1.96. The fourth-order valence-electron chi connectivity index (χ4n) is 6.43. The molecular formula is C26H38O7. The van der Waals surface area contributed by atoms with Gasteiger partial charge in [0.2, 0.25) is 6.29 Å². The number of hydrogen-bond donors (Lipinski definition) is 0. The van der Waals surface area contributed by atoms with Crippen LogP contribution in [0.15, 0.2) is 36.5 Å². The van der Waals surface area contributed by atoms with E-state index in [0.717, 1.165) is 30.4 Å². The Bertz CT molecular complexity index is 832. The van der Waals surface area contributed by atoms with E-state index in [2.05, 4.69) is 27.0 Å². The summed E-state index contributed by atoms with van der Waals surface area (Å²) in [5, 5.41) is 0. The molecule has 184 valence electrons. The highest BCUT2D eigenvalue weighted by atomic mass is 16.8. The Labute approximate surface area is 197 Å². The van der Waals surface area contributed by atoms with E-state index in [1.165, 1.54) is 13.8 Å². The Kier molecular flexibility index (Phi) is 7.56. The summed E-state index contributed by atoms with van der Waals surface area (Å²) in [5.41, 5.74) is 0.840. The van der Waals surface area contributed by atoms with Crippen molar-refractivity contribution in [2.75, 3.05) is 14.2 Å². The van der Waals surface area contributed by atoms with E-state index in [9.17, 15) is 9.59 Å². The maximum atomic E-state index is 12.1. The first kappa shape index (κ1) is 25.7. The number of carbonyl (C=O) groups is 2. The van der Waals surface area contributed by atoms with Gasteiger partial charge in [-0.25, -0.2) is 0 Å². The standard InChI is InChI=1S/C26H38O7/c1-9-15(2)10-11-25(6)16(3)12-22(29-7)26-20(13-19(14-21(25)26)31-17(4)27)23(30-8)33-24(26)32-18(5)28/h9,13,16,19,21-24H,1-2,10-12,14H2,3-8H3/t16-,19-,21-,22+,23-,24+,25+,26+/m1/s1. The molecule has 0 amide bonds. The molecule has 1 aliphatic heterocycles. The Morgan fingerprint density at radius 3 is 2.39 bits per heavy atom. The first-order valence-corrected chi connectivity index (χ1v) is 11.6. The highest BCUT2D eigenvalue weighted by Gasteiger charge is 2.71. The minimum Gasteiger partial charge on any atom is -0.458 e. The molecule has 3 aliphatic rings. The molecular weight excluding hydrogens is 424 g/mol. The van der Waals surface area contributed by atoms with Crippen molar-refractivity contribution >= 4 is 11.9 Å². The molecule has 7 nitrogen and oxygen atoms in total. The van der Waals surface area contributed by atoms with Crippen molar-refractivity contribution in [3.63, 3.8) is 0 Å². The molecule has 0 radical (unpaired) electrons. The van der Waals surface area contributed by atoms with Gasteiger partial charge in [-0.1, -0.05) is 38.7 Å². The Balaban J connectivity index is 2.21. The minimum absolute atomic E-state index is 0.0647. The zero-order chi connectivity index (χ0) is 24.6. The minimum atomic E-state index is -0.867. The van der Waals surface area contributed by atoms with Gasteiger partial charge in [0.1, 0.15) is 6.10 Å². The smallest absolute Gasteiger partial charge is 0.304 e. The van der Waals surface area contributed by atoms with Crippen molar-refractivity contribution < 1.29 is 33.3 Å². The third kappa shape index (κ3) is 4.31. The molecule has 33 heavy (non-hydrogen) atoms. The lowest BCUT2D eigenvalue weighted by atomic mass is 9.45. The van der Waals surface area contributed by atoms with Crippen LogP contribution in [-0.2, 0) is 33.3 Å². The average molecular weight is 463 g/mol. The number of esters is 2. The maximum absolute atomic E-state index is 12.1. The predicted octanol–water partition coefficient (Wildman–Crippen LogP) is 4.33. The number of ether oxygens (including phenoxy) is 5. The van der Waals surface area contributed by atoms with E-state index >= 15 is 0 Å². The van der Waals surface area contributed by atoms with Crippen LogP contribution in [0.25, 0.3) is 0 Å². The van der Waals surface area contributed by atoms with Gasteiger partial charge in [-0.2, -0.15) is 0 Å². The Morgan fingerprint density at radius 1 is 1.18 bits per heavy atom. The van der Waals surface area contributed by atoms with Gasteiger partial charge in [0.05, 0.1) is 11.5 Å². The molecule has 8 atom stereocenters. The molecule has 2 fully saturated rings. The molecule has 0 aromatic rings. The molecule has 0 unspecified atom stereocenters. The topological polar surface area (TPSA) is 80.3 Å². The van der Waals surface area contributed by atoms with Crippen LogP contribution in [0.5, 0.6) is 0 Å². The van der Waals surface area contributed by atoms with Crippen LogP contribution in [-0.4, -0.2) is 50.9 Å². The molecule has 1 heterocycles. The van der Waals surface area contributed by atoms with E-state index in [1.807, 2.05) is 6.08 Å². The monoisotopic (exact) mass is 462 g/mol. The number of rotatable bonds is 8. The molecule has 7 heteroatoms. The molecule has 0 aromatic heterocycles. The largest absolute Gasteiger partial charge is 0.458 e. The summed E-state index contributed by atoms with van der Waals surface area (Å²) in [7, 11) is 3.24. The summed E-state index contributed by atoms with van der Waals surface area (Å²) in [6.45, 7) is 15.3. The highest BCUT2D eigenvalue weighted by Crippen LogP contribution is 2.67. The zero-order valence-electron chi connectivity index (χ0n) is 20.7. The second-order valence-corrected chi connectivity index (χ2v) is 9.87. The van der Waals surface area contributed by atoms with Gasteiger partial charge in [0, 0.05) is 33.6 Å². The van der Waals surface area contributed by atoms with Gasteiger partial charge in [-0.3, -0.25) is 9.59 Å². The lowest BCUT2D eigenvalue weighted by Crippen LogP contribution is -2.63. The van der Waals surface area contributed by atoms with E-state index in [1.54, 1.807) is 20.3 Å². The van der Waals surface area contributed by atoms with Gasteiger partial charge < -0.3 is 23.7 Å². The Morgan fingerprint density at radius 2 is 1.85 bits per heavy atom. The highest BCUT2D eigenvalue weighted by molar-refractivity contribution is 5.67. The van der Waals surface area contributed by atoms with Gasteiger partial charge >= 0.3 is 11.9 Å². The van der Waals surface area contributed by atoms with E-state index < -0.39 is 30.1 Å². The summed E-state index contributed by atoms with van der Waals surface area (Å²) < 4.78 is 29.5. The zero-order valence-corrected chi connectivity index (χ0v) is 20.7. The first-order valence-electron chi connectivity index (χ1n) is 11.6. The molecule has 0 N–H and O–H groups in total. The van der Waals surface area contributed by atoms with Crippen LogP contribution in [0.1, 0.15) is 53.4 Å². The molecule has 0 bridgehead atoms. The second-order valence-electron chi connectivity index (χ2n) is 9.87. The van der Waals surface area contributed by atoms with E-state index in [-0.39, 0.29) is 29.3 Å². The van der Waals surface area contributed by atoms with Crippen molar-refractivity contribution in [2.24, 2.45) is 22.7 Å². The van der Waals surface area contributed by atoms with Crippen LogP contribution >= 0.6 is 0 Å². The van der Waals surface area contributed by atoms with Crippen molar-refractivity contribution in [1.29, 1.82) is 0 Å². The maximum Gasteiger partial charge on any atom is 0.304 e.